The van der Waals surface area contributed by atoms with Crippen LogP contribution >= 0.6 is 11.3 Å². The highest BCUT2D eigenvalue weighted by atomic mass is 32.1. The van der Waals surface area contributed by atoms with Crippen LogP contribution in [0.5, 0.6) is 0 Å². The van der Waals surface area contributed by atoms with Gasteiger partial charge in [0, 0.05) is 25.9 Å². The smallest absolute Gasteiger partial charge is 0.239 e. The minimum absolute atomic E-state index is 0.0134. The molecule has 6 heteroatoms. The van der Waals surface area contributed by atoms with Gasteiger partial charge in [-0.05, 0) is 24.6 Å². The van der Waals surface area contributed by atoms with Gasteiger partial charge in [0.2, 0.25) is 5.91 Å². The number of fused-ring (bicyclic) bond motifs is 1. The van der Waals surface area contributed by atoms with Gasteiger partial charge in [0.05, 0.1) is 22.3 Å². The number of anilines is 1. The molecule has 0 atom stereocenters. The molecule has 0 saturated heterocycles. The Morgan fingerprint density at radius 2 is 2.37 bits per heavy atom. The van der Waals surface area contributed by atoms with Crippen molar-refractivity contribution in [2.75, 3.05) is 32.1 Å². The maximum absolute atomic E-state index is 11.6. The molecule has 0 aliphatic carbocycles. The predicted octanol–water partition coefficient (Wildman–Crippen LogP) is 1.86. The van der Waals surface area contributed by atoms with Gasteiger partial charge in [-0.25, -0.2) is 4.98 Å². The third kappa shape index (κ3) is 4.18. The van der Waals surface area contributed by atoms with E-state index in [2.05, 4.69) is 15.6 Å². The van der Waals surface area contributed by atoms with Crippen molar-refractivity contribution < 1.29 is 9.53 Å². The zero-order chi connectivity index (χ0) is 13.5. The molecule has 1 aromatic carbocycles. The number of methoxy groups -OCH3 is 1. The van der Waals surface area contributed by atoms with E-state index >= 15 is 0 Å². The van der Waals surface area contributed by atoms with E-state index in [-0.39, 0.29) is 12.5 Å². The summed E-state index contributed by atoms with van der Waals surface area (Å²) >= 11 is 1.59. The molecule has 0 unspecified atom stereocenters. The number of nitrogens with one attached hydrogen (secondary N) is 2. The highest BCUT2D eigenvalue weighted by Gasteiger charge is 2.02. The highest BCUT2D eigenvalue weighted by Crippen LogP contribution is 2.21. The standard InChI is InChI=1S/C13H17N3O2S/c1-18-6-2-5-14-13(17)8-15-10-3-4-11-12(7-10)19-9-16-11/h3-4,7,9,15H,2,5-6,8H2,1H3,(H,14,17). The first-order valence-corrected chi connectivity index (χ1v) is 7.00. The molecule has 0 aliphatic heterocycles. The molecule has 2 N–H and O–H groups in total. The van der Waals surface area contributed by atoms with E-state index in [0.29, 0.717) is 13.2 Å². The number of nitrogens with zero attached hydrogens (tertiary/aromatic N) is 1. The fourth-order valence-corrected chi connectivity index (χ4v) is 2.37. The molecule has 5 nitrogen and oxygen atoms in total. The third-order valence-electron chi connectivity index (χ3n) is 2.63. The van der Waals surface area contributed by atoms with Crippen LogP contribution in [0.25, 0.3) is 10.2 Å². The summed E-state index contributed by atoms with van der Waals surface area (Å²) in [6, 6.07) is 5.89. The number of rotatable bonds is 7. The molecule has 1 aromatic heterocycles. The molecular formula is C13H17N3O2S. The van der Waals surface area contributed by atoms with Gasteiger partial charge in [-0.15, -0.1) is 11.3 Å². The topological polar surface area (TPSA) is 63.2 Å². The van der Waals surface area contributed by atoms with E-state index in [9.17, 15) is 4.79 Å². The number of hydrogen-bond donors (Lipinski definition) is 2. The Morgan fingerprint density at radius 1 is 1.47 bits per heavy atom. The van der Waals surface area contributed by atoms with E-state index in [0.717, 1.165) is 22.3 Å². The Labute approximate surface area is 116 Å². The minimum Gasteiger partial charge on any atom is -0.385 e. The van der Waals surface area contributed by atoms with Crippen LogP contribution in [0, 0.1) is 0 Å². The lowest BCUT2D eigenvalue weighted by Crippen LogP contribution is -2.31. The fourth-order valence-electron chi connectivity index (χ4n) is 1.65. The van der Waals surface area contributed by atoms with Crippen molar-refractivity contribution in [2.24, 2.45) is 0 Å². The Balaban J connectivity index is 1.76. The summed E-state index contributed by atoms with van der Waals surface area (Å²) in [4.78, 5) is 15.8. The number of aromatic nitrogens is 1. The predicted molar refractivity (Wildman–Crippen MR) is 77.6 cm³/mol. The number of hydrogen-bond acceptors (Lipinski definition) is 5. The molecule has 0 aliphatic rings. The van der Waals surface area contributed by atoms with Gasteiger partial charge in [-0.1, -0.05) is 0 Å². The van der Waals surface area contributed by atoms with Crippen molar-refractivity contribution in [3.63, 3.8) is 0 Å². The quantitative estimate of drug-likeness (QED) is 0.759. The van der Waals surface area contributed by atoms with Crippen LogP contribution < -0.4 is 10.6 Å². The van der Waals surface area contributed by atoms with Gasteiger partial charge < -0.3 is 15.4 Å². The SMILES string of the molecule is COCCCNC(=O)CNc1ccc2ncsc2c1. The lowest BCUT2D eigenvalue weighted by Gasteiger charge is -2.07. The Hall–Kier alpha value is -1.66. The molecule has 0 spiro atoms. The summed E-state index contributed by atoms with van der Waals surface area (Å²) in [6.45, 7) is 1.58. The molecule has 2 aromatic rings. The van der Waals surface area contributed by atoms with Crippen LogP contribution in [0.4, 0.5) is 5.69 Å². The molecule has 0 bridgehead atoms. The fraction of sp³-hybridized carbons (Fsp3) is 0.385. The second-order valence-corrected chi connectivity index (χ2v) is 4.97. The van der Waals surface area contributed by atoms with E-state index in [1.165, 1.54) is 0 Å². The average molecular weight is 279 g/mol. The normalized spacial score (nSPS) is 10.6. The molecule has 0 fully saturated rings. The summed E-state index contributed by atoms with van der Waals surface area (Å²) in [6.07, 6.45) is 0.828. The first kappa shape index (κ1) is 13.8. The number of thiazole rings is 1. The van der Waals surface area contributed by atoms with Crippen molar-refractivity contribution in [1.29, 1.82) is 0 Å². The third-order valence-corrected chi connectivity index (χ3v) is 3.42. The number of amides is 1. The van der Waals surface area contributed by atoms with Crippen molar-refractivity contribution in [3.8, 4) is 0 Å². The summed E-state index contributed by atoms with van der Waals surface area (Å²) in [7, 11) is 1.65. The zero-order valence-electron chi connectivity index (χ0n) is 10.8. The number of carbonyl (C=O) groups excluding carboxylic acids is 1. The summed E-state index contributed by atoms with van der Waals surface area (Å²) in [5, 5.41) is 5.93. The van der Waals surface area contributed by atoms with Crippen molar-refractivity contribution in [2.45, 2.75) is 6.42 Å². The maximum Gasteiger partial charge on any atom is 0.239 e. The van der Waals surface area contributed by atoms with Crippen LogP contribution in [-0.2, 0) is 9.53 Å². The second-order valence-electron chi connectivity index (χ2n) is 4.08. The van der Waals surface area contributed by atoms with Crippen molar-refractivity contribution in [1.82, 2.24) is 10.3 Å². The molecule has 2 rings (SSSR count). The number of ether oxygens (including phenoxy) is 1. The molecular weight excluding hydrogens is 262 g/mol. The lowest BCUT2D eigenvalue weighted by atomic mass is 10.3. The van der Waals surface area contributed by atoms with Gasteiger partial charge in [0.25, 0.3) is 0 Å². The van der Waals surface area contributed by atoms with Crippen LogP contribution in [0.3, 0.4) is 0 Å². The largest absolute Gasteiger partial charge is 0.385 e. The molecule has 102 valence electrons. The summed E-state index contributed by atoms with van der Waals surface area (Å²) < 4.78 is 6.03. The molecule has 0 radical (unpaired) electrons. The van der Waals surface area contributed by atoms with Crippen LogP contribution in [0.1, 0.15) is 6.42 Å². The highest BCUT2D eigenvalue weighted by molar-refractivity contribution is 7.16. The van der Waals surface area contributed by atoms with Crippen molar-refractivity contribution >= 4 is 33.1 Å². The second kappa shape index (κ2) is 7.06. The van der Waals surface area contributed by atoms with Gasteiger partial charge >= 0.3 is 0 Å². The lowest BCUT2D eigenvalue weighted by molar-refractivity contribution is -0.119. The Kier molecular flexibility index (Phi) is 5.11. The minimum atomic E-state index is -0.0134. The summed E-state index contributed by atoms with van der Waals surface area (Å²) in [5.41, 5.74) is 3.74. The summed E-state index contributed by atoms with van der Waals surface area (Å²) in [5.74, 6) is -0.0134. The molecule has 1 amide bonds. The van der Waals surface area contributed by atoms with E-state index in [4.69, 9.17) is 4.74 Å². The number of carbonyl (C=O) groups is 1. The monoisotopic (exact) mass is 279 g/mol. The van der Waals surface area contributed by atoms with Gasteiger partial charge in [-0.2, -0.15) is 0 Å². The molecule has 0 saturated carbocycles. The maximum atomic E-state index is 11.6. The van der Waals surface area contributed by atoms with E-state index < -0.39 is 0 Å². The van der Waals surface area contributed by atoms with Gasteiger partial charge in [0.1, 0.15) is 0 Å². The Morgan fingerprint density at radius 3 is 3.21 bits per heavy atom. The zero-order valence-corrected chi connectivity index (χ0v) is 11.6. The van der Waals surface area contributed by atoms with Gasteiger partial charge in [-0.3, -0.25) is 4.79 Å². The van der Waals surface area contributed by atoms with E-state index in [1.807, 2.05) is 23.7 Å². The Bertz CT molecular complexity index is 541. The first-order chi connectivity index (χ1) is 9.29. The van der Waals surface area contributed by atoms with Gasteiger partial charge in [0.15, 0.2) is 0 Å². The van der Waals surface area contributed by atoms with Crippen LogP contribution in [0.2, 0.25) is 0 Å². The number of benzene rings is 1. The van der Waals surface area contributed by atoms with E-state index in [1.54, 1.807) is 18.4 Å². The molecule has 1 heterocycles. The first-order valence-electron chi connectivity index (χ1n) is 6.12. The van der Waals surface area contributed by atoms with Crippen LogP contribution in [0.15, 0.2) is 23.7 Å². The average Bonchev–Trinajstić information content (AvgIpc) is 2.89. The van der Waals surface area contributed by atoms with Crippen LogP contribution in [-0.4, -0.2) is 37.7 Å². The van der Waals surface area contributed by atoms with Crippen molar-refractivity contribution in [3.05, 3.63) is 23.7 Å². The molecule has 19 heavy (non-hydrogen) atoms.